The number of epoxide rings is 3. The van der Waals surface area contributed by atoms with E-state index in [1.165, 1.54) is 12.1 Å². The first-order valence-corrected chi connectivity index (χ1v) is 18.6. The number of nitrogens with zero attached hydrogens (tertiary/aromatic N) is 2. The molecule has 1 aromatic heterocycles. The lowest BCUT2D eigenvalue weighted by Gasteiger charge is -2.53. The summed E-state index contributed by atoms with van der Waals surface area (Å²) in [4.78, 5) is 25.7. The number of hydrogen-bond acceptors (Lipinski definition) is 13. The number of hydrogen-bond donors (Lipinski definition) is 0. The molecule has 7 aliphatic rings. The fourth-order valence-electron chi connectivity index (χ4n) is 9.99. The average Bonchev–Trinajstić information content (AvgIpc) is 4.01. The second kappa shape index (κ2) is 10.3. The SMILES string of the molecule is CC(C)[C@]12O[C@H]1[C@@H]1O[C@]13[C@]1(O[C@H]1C[C@H]1C4=C(CC[C@@]13C)C(=O)OC4)[C@@H]2OC(=O)CCCCCOc1no[n+]([O-])c1S(=O)(=O)c1ccccc1. The third-order valence-corrected chi connectivity index (χ3v) is 14.2. The molecule has 4 aliphatic heterocycles. The highest BCUT2D eigenvalue weighted by atomic mass is 32.2. The fourth-order valence-corrected chi connectivity index (χ4v) is 11.3. The van der Waals surface area contributed by atoms with E-state index in [9.17, 15) is 23.2 Å². The molecule has 3 aliphatic carbocycles. The van der Waals surface area contributed by atoms with Crippen LogP contribution >= 0.6 is 0 Å². The van der Waals surface area contributed by atoms with Crippen molar-refractivity contribution in [3.8, 4) is 5.88 Å². The van der Waals surface area contributed by atoms with Gasteiger partial charge in [-0.2, -0.15) is 0 Å². The Bertz CT molecular complexity index is 1890. The summed E-state index contributed by atoms with van der Waals surface area (Å²) in [6.07, 6.45) is 2.60. The maximum Gasteiger partial charge on any atom is 0.414 e. The maximum absolute atomic E-state index is 13.5. The highest BCUT2D eigenvalue weighted by Crippen LogP contribution is 2.83. The lowest BCUT2D eigenvalue weighted by atomic mass is 9.46. The molecule has 0 amide bonds. The van der Waals surface area contributed by atoms with E-state index in [-0.39, 0.29) is 70.3 Å². The van der Waals surface area contributed by atoms with Crippen LogP contribution in [0.2, 0.25) is 0 Å². The number of esters is 2. The molecule has 0 bridgehead atoms. The fraction of sp³-hybridized carbons (Fsp3) is 0.647. The highest BCUT2D eigenvalue weighted by molar-refractivity contribution is 7.91. The number of aromatic nitrogens is 2. The molecule has 2 saturated carbocycles. The molecule has 14 nitrogen and oxygen atoms in total. The number of benzene rings is 1. The van der Waals surface area contributed by atoms with Crippen LogP contribution in [0.15, 0.2) is 56.0 Å². The summed E-state index contributed by atoms with van der Waals surface area (Å²) < 4.78 is 67.8. The highest BCUT2D eigenvalue weighted by Gasteiger charge is 3.01. The molecule has 1 aromatic carbocycles. The second-order valence-electron chi connectivity index (χ2n) is 14.9. The molecule has 0 unspecified atom stereocenters. The largest absolute Gasteiger partial charge is 0.458 e. The van der Waals surface area contributed by atoms with Gasteiger partial charge in [-0.25, -0.2) is 13.2 Å². The number of fused-ring (bicyclic) bond motifs is 4. The van der Waals surface area contributed by atoms with Gasteiger partial charge < -0.3 is 33.6 Å². The molecular formula is C34H38N2O12S. The monoisotopic (exact) mass is 698 g/mol. The van der Waals surface area contributed by atoms with Crippen molar-refractivity contribution < 1.29 is 56.0 Å². The molecule has 0 radical (unpaired) electrons. The Hall–Kier alpha value is -3.53. The van der Waals surface area contributed by atoms with Gasteiger partial charge in [-0.05, 0) is 73.0 Å². The topological polar surface area (TPSA) is 187 Å². The van der Waals surface area contributed by atoms with E-state index in [4.69, 9.17) is 28.4 Å². The standard InChI is InChI=1S/C34H38N2O12S/c1-18(2)32-25(46-32)26-34(47-26)31(3)14-13-20-21(17-43-29(20)38)22(31)16-23-33(34,45-23)30(32)44-24(37)12-8-5-9-15-42-27-28(36(39)48-35-27)49(40,41)19-10-6-4-7-11-19/h4,6-7,10-11,18,22-23,25-26,30H,5,8-9,12-17H2,1-3H3/t22-,23-,25-,26-,30+,31-,32-,33+,34+/m0/s1. The van der Waals surface area contributed by atoms with E-state index in [1.54, 1.807) is 18.2 Å². The van der Waals surface area contributed by atoms with E-state index in [1.807, 2.05) is 0 Å². The minimum absolute atomic E-state index is 0.0563. The van der Waals surface area contributed by atoms with Gasteiger partial charge in [0.05, 0.1) is 22.8 Å². The van der Waals surface area contributed by atoms with E-state index in [0.717, 1.165) is 17.6 Å². The number of ether oxygens (including phenoxy) is 6. The van der Waals surface area contributed by atoms with Crippen LogP contribution in [0, 0.1) is 22.5 Å². The molecule has 9 rings (SSSR count). The summed E-state index contributed by atoms with van der Waals surface area (Å²) in [6.45, 7) is 6.78. The predicted molar refractivity (Wildman–Crippen MR) is 162 cm³/mol. The van der Waals surface area contributed by atoms with Gasteiger partial charge in [0.1, 0.15) is 30.0 Å². The minimum atomic E-state index is -4.21. The van der Waals surface area contributed by atoms with Gasteiger partial charge in [-0.3, -0.25) is 9.42 Å². The number of sulfone groups is 1. The quantitative estimate of drug-likeness (QED) is 0.144. The van der Waals surface area contributed by atoms with E-state index in [2.05, 4.69) is 30.6 Å². The third kappa shape index (κ3) is 3.95. The maximum atomic E-state index is 13.5. The van der Waals surface area contributed by atoms with Crippen LogP contribution in [0.4, 0.5) is 0 Å². The van der Waals surface area contributed by atoms with Crippen LogP contribution in [0.25, 0.3) is 0 Å². The molecule has 2 spiro atoms. The normalized spacial score (nSPS) is 39.1. The zero-order chi connectivity index (χ0) is 34.1. The van der Waals surface area contributed by atoms with Crippen LogP contribution in [0.3, 0.4) is 0 Å². The molecule has 262 valence electrons. The van der Waals surface area contributed by atoms with Crippen LogP contribution in [-0.4, -0.2) is 79.9 Å². The van der Waals surface area contributed by atoms with Crippen molar-refractivity contribution in [2.45, 2.75) is 117 Å². The van der Waals surface area contributed by atoms with Crippen LogP contribution < -0.4 is 9.64 Å². The summed E-state index contributed by atoms with van der Waals surface area (Å²) in [6, 6.07) is 7.48. The lowest BCUT2D eigenvalue weighted by Crippen LogP contribution is -2.70. The molecular weight excluding hydrogens is 660 g/mol. The van der Waals surface area contributed by atoms with Gasteiger partial charge in [0.25, 0.3) is 9.84 Å². The van der Waals surface area contributed by atoms with Gasteiger partial charge in [0.15, 0.2) is 11.7 Å². The van der Waals surface area contributed by atoms with Crippen molar-refractivity contribution in [2.75, 3.05) is 13.2 Å². The first-order chi connectivity index (χ1) is 23.4. The Balaban J connectivity index is 0.855. The van der Waals surface area contributed by atoms with Gasteiger partial charge in [0, 0.05) is 17.4 Å². The van der Waals surface area contributed by atoms with Crippen LogP contribution in [0.1, 0.15) is 65.7 Å². The van der Waals surface area contributed by atoms with Gasteiger partial charge in [-0.15, -0.1) is 0 Å². The van der Waals surface area contributed by atoms with Crippen molar-refractivity contribution in [1.29, 1.82) is 0 Å². The number of cyclic esters (lactones) is 1. The van der Waals surface area contributed by atoms with Crippen molar-refractivity contribution in [2.24, 2.45) is 17.3 Å². The molecule has 9 atom stereocenters. The van der Waals surface area contributed by atoms with Gasteiger partial charge >= 0.3 is 22.8 Å². The minimum Gasteiger partial charge on any atom is -0.458 e. The molecule has 49 heavy (non-hydrogen) atoms. The molecule has 2 aromatic rings. The first kappa shape index (κ1) is 31.5. The van der Waals surface area contributed by atoms with Gasteiger partial charge in [-0.1, -0.05) is 39.0 Å². The number of carbonyl (C=O) groups excluding carboxylic acids is 2. The van der Waals surface area contributed by atoms with Crippen LogP contribution in [-0.2, 0) is 43.1 Å². The van der Waals surface area contributed by atoms with E-state index in [0.29, 0.717) is 38.7 Å². The molecule has 15 heteroatoms. The molecule has 0 N–H and O–H groups in total. The second-order valence-corrected chi connectivity index (χ2v) is 16.8. The van der Waals surface area contributed by atoms with Crippen molar-refractivity contribution in [3.63, 3.8) is 0 Å². The molecule has 5 heterocycles. The van der Waals surface area contributed by atoms with E-state index >= 15 is 0 Å². The zero-order valence-corrected chi connectivity index (χ0v) is 28.2. The zero-order valence-electron chi connectivity index (χ0n) is 27.4. The Labute approximate surface area is 282 Å². The van der Waals surface area contributed by atoms with Crippen molar-refractivity contribution in [1.82, 2.24) is 5.16 Å². The van der Waals surface area contributed by atoms with Gasteiger partial charge in [0.2, 0.25) is 0 Å². The summed E-state index contributed by atoms with van der Waals surface area (Å²) >= 11 is 0. The van der Waals surface area contributed by atoms with Crippen molar-refractivity contribution in [3.05, 3.63) is 46.7 Å². The summed E-state index contributed by atoms with van der Waals surface area (Å²) in [7, 11) is -4.21. The number of carbonyl (C=O) groups is 2. The Morgan fingerprint density at radius 3 is 2.69 bits per heavy atom. The number of unbranched alkanes of at least 4 members (excludes halogenated alkanes) is 2. The Morgan fingerprint density at radius 1 is 1.12 bits per heavy atom. The van der Waals surface area contributed by atoms with Crippen molar-refractivity contribution >= 4 is 21.8 Å². The lowest BCUT2D eigenvalue weighted by molar-refractivity contribution is -0.832. The first-order valence-electron chi connectivity index (χ1n) is 17.1. The van der Waals surface area contributed by atoms with Crippen LogP contribution in [0.5, 0.6) is 5.88 Å². The number of rotatable bonds is 11. The molecule has 3 saturated heterocycles. The Morgan fingerprint density at radius 2 is 1.92 bits per heavy atom. The smallest absolute Gasteiger partial charge is 0.414 e. The predicted octanol–water partition coefficient (Wildman–Crippen LogP) is 2.75. The Kier molecular flexibility index (Phi) is 6.59. The molecule has 5 fully saturated rings. The average molecular weight is 699 g/mol. The van der Waals surface area contributed by atoms with E-state index < -0.39 is 43.7 Å². The summed E-state index contributed by atoms with van der Waals surface area (Å²) in [5.41, 5.74) is -0.612. The summed E-state index contributed by atoms with van der Waals surface area (Å²) in [5, 5.41) is 14.9. The summed E-state index contributed by atoms with van der Waals surface area (Å²) in [5.74, 6) is -0.836. The third-order valence-electron chi connectivity index (χ3n) is 12.4.